The first-order valence-electron chi connectivity index (χ1n) is 8.38. The lowest BCUT2D eigenvalue weighted by molar-refractivity contribution is 0.0488. The van der Waals surface area contributed by atoms with Crippen molar-refractivity contribution in [3.63, 3.8) is 0 Å². The number of hydrogen-bond donors (Lipinski definition) is 2. The molecule has 0 spiro atoms. The summed E-state index contributed by atoms with van der Waals surface area (Å²) < 4.78 is 11.8. The molecule has 1 atom stereocenters. The highest BCUT2D eigenvalue weighted by Gasteiger charge is 2.26. The number of carbonyl (C=O) groups excluding carboxylic acids is 1. The number of amides is 1. The number of ether oxygens (including phenoxy) is 1. The van der Waals surface area contributed by atoms with Crippen molar-refractivity contribution in [2.75, 3.05) is 13.2 Å². The van der Waals surface area contributed by atoms with Gasteiger partial charge in [-0.15, -0.1) is 11.3 Å². The van der Waals surface area contributed by atoms with Crippen molar-refractivity contribution in [2.45, 2.75) is 25.5 Å². The van der Waals surface area contributed by atoms with E-state index in [1.165, 1.54) is 11.3 Å². The number of carboxylic acid groups (broad SMARTS) is 1. The molecule has 1 aliphatic rings. The molecule has 0 aliphatic carbocycles. The molecule has 1 amide bonds. The normalized spacial score (nSPS) is 17.0. The molecule has 0 bridgehead atoms. The number of furan rings is 1. The Morgan fingerprint density at radius 2 is 2.31 bits per heavy atom. The van der Waals surface area contributed by atoms with Gasteiger partial charge in [-0.1, -0.05) is 0 Å². The van der Waals surface area contributed by atoms with Crippen LogP contribution in [0.1, 0.15) is 39.4 Å². The second-order valence-corrected chi connectivity index (χ2v) is 7.19. The van der Waals surface area contributed by atoms with Gasteiger partial charge in [0.1, 0.15) is 11.5 Å². The molecule has 2 N–H and O–H groups in total. The highest BCUT2D eigenvalue weighted by Crippen LogP contribution is 2.27. The third kappa shape index (κ3) is 3.25. The number of carbonyl (C=O) groups is 2. The van der Waals surface area contributed by atoms with Gasteiger partial charge in [0.05, 0.1) is 34.7 Å². The van der Waals surface area contributed by atoms with Crippen LogP contribution in [0.15, 0.2) is 34.3 Å². The van der Waals surface area contributed by atoms with E-state index >= 15 is 0 Å². The molecule has 136 valence electrons. The van der Waals surface area contributed by atoms with E-state index in [0.29, 0.717) is 36.7 Å². The van der Waals surface area contributed by atoms with Crippen LogP contribution < -0.4 is 0 Å². The van der Waals surface area contributed by atoms with Crippen LogP contribution in [-0.4, -0.2) is 46.1 Å². The molecule has 8 heteroatoms. The number of nitrogens with zero attached hydrogens (tertiary/aromatic N) is 1. The van der Waals surface area contributed by atoms with Crippen molar-refractivity contribution in [3.8, 4) is 0 Å². The molecule has 0 saturated carbocycles. The molecule has 26 heavy (non-hydrogen) atoms. The minimum Gasteiger partial charge on any atom is -0.478 e. The number of nitrogens with one attached hydrogen (secondary N) is 1. The number of fused-ring (bicyclic) bond motifs is 1. The second-order valence-electron chi connectivity index (χ2n) is 6.28. The number of rotatable bonds is 6. The van der Waals surface area contributed by atoms with Crippen LogP contribution >= 0.6 is 11.3 Å². The van der Waals surface area contributed by atoms with E-state index in [4.69, 9.17) is 9.15 Å². The molecule has 0 radical (unpaired) electrons. The maximum absolute atomic E-state index is 13.1. The number of H-pyrrole nitrogens is 1. The molecule has 4 rings (SSSR count). The molecular weight excluding hydrogens is 356 g/mol. The number of thiophene rings is 1. The van der Waals surface area contributed by atoms with Crippen LogP contribution in [0.4, 0.5) is 0 Å². The molecule has 1 aliphatic heterocycles. The van der Waals surface area contributed by atoms with Crippen LogP contribution in [0, 0.1) is 0 Å². The van der Waals surface area contributed by atoms with Crippen molar-refractivity contribution in [1.82, 2.24) is 9.88 Å². The summed E-state index contributed by atoms with van der Waals surface area (Å²) >= 11 is 1.30. The van der Waals surface area contributed by atoms with Crippen LogP contribution in [0.3, 0.4) is 0 Å². The van der Waals surface area contributed by atoms with Crippen LogP contribution in [0.5, 0.6) is 0 Å². The van der Waals surface area contributed by atoms with Crippen molar-refractivity contribution < 1.29 is 23.8 Å². The Bertz CT molecular complexity index is 921. The molecule has 1 unspecified atom stereocenters. The average molecular weight is 374 g/mol. The van der Waals surface area contributed by atoms with E-state index in [9.17, 15) is 14.7 Å². The Labute approximate surface area is 153 Å². The number of carboxylic acids is 1. The Hall–Kier alpha value is -2.58. The van der Waals surface area contributed by atoms with E-state index in [1.54, 1.807) is 28.7 Å². The fourth-order valence-electron chi connectivity index (χ4n) is 3.20. The van der Waals surface area contributed by atoms with Gasteiger partial charge in [-0.05, 0) is 31.0 Å². The Balaban J connectivity index is 1.61. The van der Waals surface area contributed by atoms with E-state index in [-0.39, 0.29) is 17.6 Å². The van der Waals surface area contributed by atoms with E-state index < -0.39 is 5.97 Å². The van der Waals surface area contributed by atoms with Gasteiger partial charge in [0.25, 0.3) is 5.91 Å². The van der Waals surface area contributed by atoms with Crippen LogP contribution in [-0.2, 0) is 11.3 Å². The average Bonchev–Trinajstić information content (AvgIpc) is 3.37. The van der Waals surface area contributed by atoms with Gasteiger partial charge >= 0.3 is 5.97 Å². The Kier molecular flexibility index (Phi) is 4.52. The summed E-state index contributed by atoms with van der Waals surface area (Å²) in [5.74, 6) is -0.517. The predicted molar refractivity (Wildman–Crippen MR) is 95.6 cm³/mol. The number of aromatic amines is 1. The molecule has 1 fully saturated rings. The number of aromatic nitrogens is 1. The summed E-state index contributed by atoms with van der Waals surface area (Å²) in [5, 5.41) is 10.8. The lowest BCUT2D eigenvalue weighted by Crippen LogP contribution is -2.37. The minimum absolute atomic E-state index is 0.0135. The summed E-state index contributed by atoms with van der Waals surface area (Å²) in [4.78, 5) is 29.0. The zero-order valence-corrected chi connectivity index (χ0v) is 14.8. The van der Waals surface area contributed by atoms with Crippen molar-refractivity contribution in [2.24, 2.45) is 0 Å². The van der Waals surface area contributed by atoms with Gasteiger partial charge in [0.15, 0.2) is 0 Å². The molecule has 0 aromatic carbocycles. The highest BCUT2D eigenvalue weighted by atomic mass is 32.1. The molecule has 3 aromatic rings. The molecular formula is C18H18N2O5S. The smallest absolute Gasteiger partial charge is 0.338 e. The van der Waals surface area contributed by atoms with Crippen LogP contribution in [0.2, 0.25) is 0 Å². The summed E-state index contributed by atoms with van der Waals surface area (Å²) in [5.41, 5.74) is 1.04. The molecule has 7 nitrogen and oxygen atoms in total. The largest absolute Gasteiger partial charge is 0.478 e. The molecule has 3 aromatic heterocycles. The minimum atomic E-state index is -1.01. The van der Waals surface area contributed by atoms with E-state index in [0.717, 1.165) is 17.5 Å². The summed E-state index contributed by atoms with van der Waals surface area (Å²) in [6.07, 6.45) is 3.51. The quantitative estimate of drug-likeness (QED) is 0.690. The van der Waals surface area contributed by atoms with E-state index in [2.05, 4.69) is 4.98 Å². The maximum Gasteiger partial charge on any atom is 0.338 e. The van der Waals surface area contributed by atoms with Gasteiger partial charge in [0.2, 0.25) is 0 Å². The highest BCUT2D eigenvalue weighted by molar-refractivity contribution is 7.17. The fourth-order valence-corrected chi connectivity index (χ4v) is 4.13. The van der Waals surface area contributed by atoms with Gasteiger partial charge in [-0.25, -0.2) is 4.79 Å². The zero-order chi connectivity index (χ0) is 18.1. The Morgan fingerprint density at radius 1 is 1.42 bits per heavy atom. The van der Waals surface area contributed by atoms with Gasteiger partial charge in [-0.2, -0.15) is 0 Å². The first kappa shape index (κ1) is 16.9. The molecule has 1 saturated heterocycles. The van der Waals surface area contributed by atoms with E-state index in [1.807, 2.05) is 6.07 Å². The lowest BCUT2D eigenvalue weighted by atomic mass is 10.2. The fraction of sp³-hybridized carbons (Fsp3) is 0.333. The number of hydrogen-bond acceptors (Lipinski definition) is 5. The van der Waals surface area contributed by atoms with Crippen LogP contribution in [0.25, 0.3) is 10.2 Å². The van der Waals surface area contributed by atoms with Crippen molar-refractivity contribution >= 4 is 33.4 Å². The topological polar surface area (TPSA) is 95.8 Å². The van der Waals surface area contributed by atoms with Crippen molar-refractivity contribution in [3.05, 3.63) is 46.9 Å². The monoisotopic (exact) mass is 374 g/mol. The predicted octanol–water partition coefficient (Wildman–Crippen LogP) is 3.34. The first-order valence-corrected chi connectivity index (χ1v) is 9.26. The standard InChI is InChI=1S/C18H18N2O5S/c21-17(14-7-15-16(19-14)13(10-26-15)18(22)23)20(8-11-3-1-5-24-11)9-12-4-2-6-25-12/h1,3,5,7,10,12,19H,2,4,6,8-9H2,(H,22,23). The number of aromatic carboxylic acids is 1. The second kappa shape index (κ2) is 6.97. The maximum atomic E-state index is 13.1. The van der Waals surface area contributed by atoms with Gasteiger partial charge in [-0.3, -0.25) is 4.79 Å². The zero-order valence-electron chi connectivity index (χ0n) is 13.9. The van der Waals surface area contributed by atoms with Gasteiger partial charge in [0, 0.05) is 18.5 Å². The summed E-state index contributed by atoms with van der Waals surface area (Å²) in [7, 11) is 0. The van der Waals surface area contributed by atoms with Crippen molar-refractivity contribution in [1.29, 1.82) is 0 Å². The molecule has 4 heterocycles. The third-order valence-corrected chi connectivity index (χ3v) is 5.41. The first-order chi connectivity index (χ1) is 12.6. The Morgan fingerprint density at radius 3 is 3.00 bits per heavy atom. The summed E-state index contributed by atoms with van der Waals surface area (Å²) in [6.45, 7) is 1.52. The van der Waals surface area contributed by atoms with Gasteiger partial charge < -0.3 is 24.1 Å². The summed E-state index contributed by atoms with van der Waals surface area (Å²) in [6, 6.07) is 5.32. The third-order valence-electron chi connectivity index (χ3n) is 4.48. The lowest BCUT2D eigenvalue weighted by Gasteiger charge is -2.24. The SMILES string of the molecule is O=C(O)c1csc2cc(C(=O)N(Cc3ccco3)CC3CCCO3)[nH]c12.